The molecule has 7 heteroatoms. The molecule has 1 heterocycles. The molecule has 1 N–H and O–H groups in total. The van der Waals surface area contributed by atoms with Gasteiger partial charge in [0.15, 0.2) is 5.13 Å². The largest absolute Gasteiger partial charge is 0.460 e. The maximum absolute atomic E-state index is 11.6. The maximum Gasteiger partial charge on any atom is 0.413 e. The van der Waals surface area contributed by atoms with E-state index in [1.807, 2.05) is 0 Å². The molecule has 1 aromatic heterocycles. The first-order valence-corrected chi connectivity index (χ1v) is 6.58. The van der Waals surface area contributed by atoms with E-state index in [0.29, 0.717) is 5.13 Å². The summed E-state index contributed by atoms with van der Waals surface area (Å²) in [6.07, 6.45) is -0.555. The number of rotatable bonds is 3. The van der Waals surface area contributed by atoms with E-state index in [2.05, 4.69) is 10.3 Å². The van der Waals surface area contributed by atoms with E-state index in [9.17, 15) is 9.59 Å². The Bertz CT molecular complexity index is 477. The summed E-state index contributed by atoms with van der Waals surface area (Å²) in [5, 5.41) is 2.98. The van der Waals surface area contributed by atoms with Crippen LogP contribution in [0.1, 0.15) is 38.3 Å². The topological polar surface area (TPSA) is 77.5 Å². The van der Waals surface area contributed by atoms with Crippen molar-refractivity contribution in [2.75, 3.05) is 5.32 Å². The quantitative estimate of drug-likeness (QED) is 0.864. The molecule has 0 saturated carbocycles. The van der Waals surface area contributed by atoms with Crippen molar-refractivity contribution in [1.82, 2.24) is 4.98 Å². The Morgan fingerprint density at radius 3 is 2.53 bits per heavy atom. The van der Waals surface area contributed by atoms with Crippen molar-refractivity contribution in [3.05, 3.63) is 10.6 Å². The number of hydrogen-bond acceptors (Lipinski definition) is 6. The lowest BCUT2D eigenvalue weighted by atomic mass is 10.2. The molecule has 1 amide bonds. The maximum atomic E-state index is 11.6. The van der Waals surface area contributed by atoms with Crippen LogP contribution in [0.4, 0.5) is 9.93 Å². The fourth-order valence-corrected chi connectivity index (χ4v) is 2.04. The summed E-state index contributed by atoms with van der Waals surface area (Å²) in [4.78, 5) is 27.3. The summed E-state index contributed by atoms with van der Waals surface area (Å²) in [7, 11) is 0. The number of hydrogen-bond donors (Lipinski definition) is 1. The van der Waals surface area contributed by atoms with E-state index in [1.165, 1.54) is 18.3 Å². The third kappa shape index (κ3) is 5.69. The summed E-state index contributed by atoms with van der Waals surface area (Å²) in [5.74, 6) is -0.352. The van der Waals surface area contributed by atoms with Crippen molar-refractivity contribution in [3.8, 4) is 0 Å². The third-order valence-corrected chi connectivity index (χ3v) is 2.95. The molecule has 0 fully saturated rings. The Hall–Kier alpha value is -1.63. The summed E-state index contributed by atoms with van der Waals surface area (Å²) < 4.78 is 10.0. The minimum atomic E-state index is -0.559. The second kappa shape index (κ2) is 6.01. The Kier molecular flexibility index (Phi) is 4.88. The number of aryl methyl sites for hydroxylation is 1. The first-order valence-electron chi connectivity index (χ1n) is 5.77. The average molecular weight is 286 g/mol. The Morgan fingerprint density at radius 1 is 1.37 bits per heavy atom. The van der Waals surface area contributed by atoms with Crippen molar-refractivity contribution in [2.45, 2.75) is 46.8 Å². The van der Waals surface area contributed by atoms with Gasteiger partial charge in [0, 0.05) is 6.92 Å². The van der Waals surface area contributed by atoms with E-state index in [0.717, 1.165) is 10.6 Å². The highest BCUT2D eigenvalue weighted by Crippen LogP contribution is 2.24. The molecule has 0 atom stereocenters. The van der Waals surface area contributed by atoms with Gasteiger partial charge in [-0.2, -0.15) is 0 Å². The zero-order chi connectivity index (χ0) is 14.6. The molecule has 0 saturated heterocycles. The summed E-state index contributed by atoms with van der Waals surface area (Å²) in [5.41, 5.74) is 0.161. The fourth-order valence-electron chi connectivity index (χ4n) is 1.17. The molecule has 0 aliphatic heterocycles. The number of aromatic nitrogens is 1. The molecule has 0 aromatic carbocycles. The van der Waals surface area contributed by atoms with E-state index >= 15 is 0 Å². The van der Waals surface area contributed by atoms with Crippen molar-refractivity contribution < 1.29 is 19.1 Å². The van der Waals surface area contributed by atoms with E-state index in [4.69, 9.17) is 9.47 Å². The second-order valence-electron chi connectivity index (χ2n) is 4.93. The van der Waals surface area contributed by atoms with Crippen molar-refractivity contribution >= 4 is 28.5 Å². The minimum Gasteiger partial charge on any atom is -0.460 e. The fraction of sp³-hybridized carbons (Fsp3) is 0.583. The summed E-state index contributed by atoms with van der Waals surface area (Å²) in [6, 6.07) is 0. The van der Waals surface area contributed by atoms with Gasteiger partial charge in [0.25, 0.3) is 0 Å². The Labute approximate surface area is 116 Å². The molecule has 6 nitrogen and oxygen atoms in total. The number of anilines is 1. The van der Waals surface area contributed by atoms with Crippen molar-refractivity contribution in [2.24, 2.45) is 0 Å². The summed E-state index contributed by atoms with van der Waals surface area (Å²) >= 11 is 1.26. The van der Waals surface area contributed by atoms with Crippen LogP contribution in [0, 0.1) is 6.92 Å². The van der Waals surface area contributed by atoms with E-state index < -0.39 is 11.7 Å². The van der Waals surface area contributed by atoms with E-state index in [-0.39, 0.29) is 12.6 Å². The van der Waals surface area contributed by atoms with Gasteiger partial charge in [0.2, 0.25) is 0 Å². The lowest BCUT2D eigenvalue weighted by Crippen LogP contribution is -2.27. The molecule has 0 bridgehead atoms. The molecule has 0 aliphatic rings. The predicted octanol–water partition coefficient (Wildman–Crippen LogP) is 2.86. The van der Waals surface area contributed by atoms with Gasteiger partial charge in [-0.15, -0.1) is 0 Å². The number of nitrogens with one attached hydrogen (secondary N) is 1. The molecule has 1 rings (SSSR count). The van der Waals surface area contributed by atoms with Crippen LogP contribution in [0.5, 0.6) is 0 Å². The van der Waals surface area contributed by atoms with Crippen LogP contribution in [0.25, 0.3) is 0 Å². The van der Waals surface area contributed by atoms with Crippen LogP contribution in [-0.4, -0.2) is 22.6 Å². The standard InChI is InChI=1S/C12H18N2O4S/c1-7-9(6-17-8(2)15)19-10(13-7)14-11(16)18-12(3,4)5/h6H2,1-5H3,(H,13,14,16). The predicted molar refractivity (Wildman–Crippen MR) is 72.2 cm³/mol. The Balaban J connectivity index is 2.63. The van der Waals surface area contributed by atoms with Crippen molar-refractivity contribution in [1.29, 1.82) is 0 Å². The molecule has 0 spiro atoms. The van der Waals surface area contributed by atoms with Crippen molar-refractivity contribution in [3.63, 3.8) is 0 Å². The first-order chi connectivity index (χ1) is 8.67. The lowest BCUT2D eigenvalue weighted by Gasteiger charge is -2.18. The highest BCUT2D eigenvalue weighted by Gasteiger charge is 2.18. The highest BCUT2D eigenvalue weighted by atomic mass is 32.1. The monoisotopic (exact) mass is 286 g/mol. The Morgan fingerprint density at radius 2 is 2.00 bits per heavy atom. The third-order valence-electron chi connectivity index (χ3n) is 1.91. The SMILES string of the molecule is CC(=O)OCc1sc(NC(=O)OC(C)(C)C)nc1C. The number of amides is 1. The number of ether oxygens (including phenoxy) is 2. The minimum absolute atomic E-state index is 0.162. The molecule has 0 unspecified atom stereocenters. The van der Waals surface area contributed by atoms with Gasteiger partial charge in [-0.05, 0) is 27.7 Å². The molecular formula is C12H18N2O4S. The molecule has 0 radical (unpaired) electrons. The van der Waals surface area contributed by atoms with Crippen LogP contribution < -0.4 is 5.32 Å². The van der Waals surface area contributed by atoms with Gasteiger partial charge < -0.3 is 9.47 Å². The molecule has 106 valence electrons. The molecule has 1 aromatic rings. The van der Waals surface area contributed by atoms with Gasteiger partial charge in [-0.25, -0.2) is 9.78 Å². The van der Waals surface area contributed by atoms with Crippen LogP contribution >= 0.6 is 11.3 Å². The van der Waals surface area contributed by atoms with Gasteiger partial charge in [0.1, 0.15) is 12.2 Å². The summed E-state index contributed by atoms with van der Waals surface area (Å²) in [6.45, 7) is 8.64. The smallest absolute Gasteiger partial charge is 0.413 e. The van der Waals surface area contributed by atoms with E-state index in [1.54, 1.807) is 27.7 Å². The van der Waals surface area contributed by atoms with Gasteiger partial charge in [-0.1, -0.05) is 11.3 Å². The van der Waals surface area contributed by atoms with Gasteiger partial charge in [-0.3, -0.25) is 10.1 Å². The van der Waals surface area contributed by atoms with Crippen LogP contribution in [0.2, 0.25) is 0 Å². The van der Waals surface area contributed by atoms with Crippen LogP contribution in [-0.2, 0) is 20.9 Å². The van der Waals surface area contributed by atoms with Crippen LogP contribution in [0.3, 0.4) is 0 Å². The molecular weight excluding hydrogens is 268 g/mol. The zero-order valence-electron chi connectivity index (χ0n) is 11.7. The number of carbonyl (C=O) groups excluding carboxylic acids is 2. The van der Waals surface area contributed by atoms with Gasteiger partial charge in [0.05, 0.1) is 10.6 Å². The highest BCUT2D eigenvalue weighted by molar-refractivity contribution is 7.15. The normalized spacial score (nSPS) is 11.0. The zero-order valence-corrected chi connectivity index (χ0v) is 12.5. The lowest BCUT2D eigenvalue weighted by molar-refractivity contribution is -0.142. The molecule has 0 aliphatic carbocycles. The second-order valence-corrected chi connectivity index (χ2v) is 6.02. The average Bonchev–Trinajstić information content (AvgIpc) is 2.52. The van der Waals surface area contributed by atoms with Crippen LogP contribution in [0.15, 0.2) is 0 Å². The number of thiazole rings is 1. The first kappa shape index (κ1) is 15.4. The van der Waals surface area contributed by atoms with Gasteiger partial charge >= 0.3 is 12.1 Å². The number of nitrogens with zero attached hydrogens (tertiary/aromatic N) is 1. The number of esters is 1. The molecule has 19 heavy (non-hydrogen) atoms. The number of carbonyl (C=O) groups is 2.